The van der Waals surface area contributed by atoms with Gasteiger partial charge in [-0.2, -0.15) is 0 Å². The molecule has 98 valence electrons. The Morgan fingerprint density at radius 2 is 2.11 bits per heavy atom. The molecule has 1 aromatic carbocycles. The molecule has 0 aliphatic carbocycles. The van der Waals surface area contributed by atoms with Crippen molar-refractivity contribution in [2.24, 2.45) is 0 Å². The maximum atomic E-state index is 11.8. The average molecular weight is 261 g/mol. The molecule has 7 heteroatoms. The lowest BCUT2D eigenvalue weighted by atomic mass is 10.1. The number of aromatic carboxylic acids is 1. The van der Waals surface area contributed by atoms with Crippen LogP contribution in [0, 0.1) is 6.92 Å². The number of nitrogens with two attached hydrogens (primary N) is 1. The maximum Gasteiger partial charge on any atom is 0.337 e. The second-order valence-corrected chi connectivity index (χ2v) is 3.89. The molecule has 2 rings (SSSR count). The first kappa shape index (κ1) is 12.6. The highest BCUT2D eigenvalue weighted by Gasteiger charge is 2.16. The number of amides is 1. The van der Waals surface area contributed by atoms with Gasteiger partial charge in [-0.15, -0.1) is 0 Å². The van der Waals surface area contributed by atoms with E-state index in [1.54, 1.807) is 6.92 Å². The van der Waals surface area contributed by atoms with Crippen molar-refractivity contribution in [1.29, 1.82) is 0 Å². The first-order valence-corrected chi connectivity index (χ1v) is 5.35. The summed E-state index contributed by atoms with van der Waals surface area (Å²) in [6.07, 6.45) is 0. The van der Waals surface area contributed by atoms with Crippen molar-refractivity contribution in [1.82, 2.24) is 5.16 Å². The van der Waals surface area contributed by atoms with E-state index in [4.69, 9.17) is 15.4 Å². The van der Waals surface area contributed by atoms with Crippen molar-refractivity contribution in [3.8, 4) is 0 Å². The minimum absolute atomic E-state index is 0.0530. The minimum Gasteiger partial charge on any atom is -0.478 e. The highest BCUT2D eigenvalue weighted by molar-refractivity contribution is 6.07. The van der Waals surface area contributed by atoms with Crippen molar-refractivity contribution in [3.05, 3.63) is 41.3 Å². The van der Waals surface area contributed by atoms with Gasteiger partial charge in [-0.25, -0.2) is 4.79 Å². The molecule has 0 spiro atoms. The molecule has 4 N–H and O–H groups in total. The van der Waals surface area contributed by atoms with Gasteiger partial charge in [0.05, 0.1) is 11.3 Å². The van der Waals surface area contributed by atoms with Gasteiger partial charge >= 0.3 is 5.97 Å². The lowest BCUT2D eigenvalue weighted by Crippen LogP contribution is -2.15. The molecule has 0 bridgehead atoms. The number of hydrogen-bond donors (Lipinski definition) is 3. The fraction of sp³-hybridized carbons (Fsp3) is 0.0833. The van der Waals surface area contributed by atoms with Crippen LogP contribution in [0.5, 0.6) is 0 Å². The summed E-state index contributed by atoms with van der Waals surface area (Å²) < 4.78 is 4.77. The quantitative estimate of drug-likeness (QED) is 0.721. The zero-order chi connectivity index (χ0) is 14.0. The van der Waals surface area contributed by atoms with Crippen LogP contribution < -0.4 is 11.1 Å². The minimum atomic E-state index is -1.16. The molecule has 0 saturated carbocycles. The van der Waals surface area contributed by atoms with E-state index in [2.05, 4.69) is 10.5 Å². The van der Waals surface area contributed by atoms with E-state index in [9.17, 15) is 9.59 Å². The van der Waals surface area contributed by atoms with E-state index in [-0.39, 0.29) is 16.9 Å². The standard InChI is InChI=1S/C12H11N3O4/c1-6-4-10(15-19-6)11(16)14-9-5-7(13)2-3-8(9)12(17)18/h2-5H,13H2,1H3,(H,14,16)(H,17,18). The zero-order valence-electron chi connectivity index (χ0n) is 10.0. The van der Waals surface area contributed by atoms with Crippen molar-refractivity contribution in [2.45, 2.75) is 6.92 Å². The van der Waals surface area contributed by atoms with Gasteiger partial charge in [0.1, 0.15) is 5.76 Å². The highest BCUT2D eigenvalue weighted by Crippen LogP contribution is 2.20. The number of aryl methyl sites for hydroxylation is 1. The third kappa shape index (κ3) is 2.71. The Morgan fingerprint density at radius 1 is 1.37 bits per heavy atom. The number of nitrogen functional groups attached to an aromatic ring is 1. The summed E-state index contributed by atoms with van der Waals surface area (Å²) in [6, 6.07) is 5.58. The SMILES string of the molecule is Cc1cc(C(=O)Nc2cc(N)ccc2C(=O)O)no1. The Bertz CT molecular complexity index is 648. The number of carbonyl (C=O) groups excluding carboxylic acids is 1. The molecule has 0 unspecified atom stereocenters. The third-order valence-corrected chi connectivity index (χ3v) is 2.38. The Labute approximate surface area is 108 Å². The van der Waals surface area contributed by atoms with Crippen molar-refractivity contribution >= 4 is 23.3 Å². The molecule has 19 heavy (non-hydrogen) atoms. The van der Waals surface area contributed by atoms with E-state index in [1.165, 1.54) is 24.3 Å². The molecule has 1 aromatic heterocycles. The Kier molecular flexibility index (Phi) is 3.19. The van der Waals surface area contributed by atoms with Crippen LogP contribution in [-0.4, -0.2) is 22.1 Å². The van der Waals surface area contributed by atoms with Gasteiger partial charge < -0.3 is 20.7 Å². The average Bonchev–Trinajstić information content (AvgIpc) is 2.75. The Hall–Kier alpha value is -2.83. The number of aromatic nitrogens is 1. The molecule has 0 saturated heterocycles. The second-order valence-electron chi connectivity index (χ2n) is 3.89. The maximum absolute atomic E-state index is 11.8. The van der Waals surface area contributed by atoms with Crippen molar-refractivity contribution in [2.75, 3.05) is 11.1 Å². The summed E-state index contributed by atoms with van der Waals surface area (Å²) in [5, 5.41) is 15.0. The molecule has 0 aliphatic heterocycles. The normalized spacial score (nSPS) is 10.2. The number of anilines is 2. The smallest absolute Gasteiger partial charge is 0.337 e. The summed E-state index contributed by atoms with van der Waals surface area (Å²) in [6.45, 7) is 1.65. The zero-order valence-corrected chi connectivity index (χ0v) is 10.0. The van der Waals surface area contributed by atoms with Crippen LogP contribution in [0.1, 0.15) is 26.6 Å². The summed E-state index contributed by atoms with van der Waals surface area (Å²) >= 11 is 0. The lowest BCUT2D eigenvalue weighted by Gasteiger charge is -2.07. The van der Waals surface area contributed by atoms with Gasteiger partial charge in [0.15, 0.2) is 5.69 Å². The van der Waals surface area contributed by atoms with Crippen LogP contribution in [0.4, 0.5) is 11.4 Å². The number of carboxylic acids is 1. The summed E-state index contributed by atoms with van der Waals surface area (Å²) in [7, 11) is 0. The number of nitrogens with one attached hydrogen (secondary N) is 1. The van der Waals surface area contributed by atoms with Gasteiger partial charge in [-0.05, 0) is 25.1 Å². The fourth-order valence-corrected chi connectivity index (χ4v) is 1.51. The molecule has 7 nitrogen and oxygen atoms in total. The number of carboxylic acid groups (broad SMARTS) is 1. The molecular formula is C12H11N3O4. The predicted octanol–water partition coefficient (Wildman–Crippen LogP) is 1.52. The number of nitrogens with zero attached hydrogens (tertiary/aromatic N) is 1. The summed E-state index contributed by atoms with van der Waals surface area (Å²) in [5.41, 5.74) is 6.03. The molecular weight excluding hydrogens is 250 g/mol. The fourth-order valence-electron chi connectivity index (χ4n) is 1.51. The number of hydrogen-bond acceptors (Lipinski definition) is 5. The monoisotopic (exact) mass is 261 g/mol. The number of carbonyl (C=O) groups is 2. The van der Waals surface area contributed by atoms with Crippen LogP contribution in [0.2, 0.25) is 0 Å². The number of rotatable bonds is 3. The van der Waals surface area contributed by atoms with Gasteiger partial charge in [-0.3, -0.25) is 4.79 Å². The van der Waals surface area contributed by atoms with Crippen LogP contribution in [0.25, 0.3) is 0 Å². The van der Waals surface area contributed by atoms with Crippen LogP contribution >= 0.6 is 0 Å². The van der Waals surface area contributed by atoms with Gasteiger partial charge in [-0.1, -0.05) is 5.16 Å². The molecule has 0 aliphatic rings. The lowest BCUT2D eigenvalue weighted by molar-refractivity contribution is 0.0698. The second kappa shape index (κ2) is 4.81. The summed E-state index contributed by atoms with van der Waals surface area (Å²) in [5.74, 6) is -1.24. The van der Waals surface area contributed by atoms with E-state index in [0.717, 1.165) is 0 Å². The highest BCUT2D eigenvalue weighted by atomic mass is 16.5. The van der Waals surface area contributed by atoms with E-state index >= 15 is 0 Å². The first-order valence-electron chi connectivity index (χ1n) is 5.35. The largest absolute Gasteiger partial charge is 0.478 e. The number of benzene rings is 1. The topological polar surface area (TPSA) is 118 Å². The van der Waals surface area contributed by atoms with E-state index < -0.39 is 11.9 Å². The Morgan fingerprint density at radius 3 is 2.68 bits per heavy atom. The molecule has 1 heterocycles. The van der Waals surface area contributed by atoms with Crippen LogP contribution in [0.15, 0.2) is 28.8 Å². The molecule has 1 amide bonds. The van der Waals surface area contributed by atoms with E-state index in [1.807, 2.05) is 0 Å². The molecule has 0 fully saturated rings. The predicted molar refractivity (Wildman–Crippen MR) is 67.0 cm³/mol. The van der Waals surface area contributed by atoms with Crippen LogP contribution in [-0.2, 0) is 0 Å². The van der Waals surface area contributed by atoms with Crippen molar-refractivity contribution in [3.63, 3.8) is 0 Å². The van der Waals surface area contributed by atoms with Crippen LogP contribution in [0.3, 0.4) is 0 Å². The summed E-state index contributed by atoms with van der Waals surface area (Å²) in [4.78, 5) is 22.9. The molecule has 2 aromatic rings. The van der Waals surface area contributed by atoms with Gasteiger partial charge in [0.25, 0.3) is 5.91 Å². The van der Waals surface area contributed by atoms with Gasteiger partial charge in [0, 0.05) is 11.8 Å². The molecule has 0 radical (unpaired) electrons. The first-order chi connectivity index (χ1) is 8.97. The van der Waals surface area contributed by atoms with Crippen molar-refractivity contribution < 1.29 is 19.2 Å². The molecule has 0 atom stereocenters. The Balaban J connectivity index is 2.30. The van der Waals surface area contributed by atoms with E-state index in [0.29, 0.717) is 11.4 Å². The van der Waals surface area contributed by atoms with Gasteiger partial charge in [0.2, 0.25) is 0 Å². The third-order valence-electron chi connectivity index (χ3n) is 2.38.